The minimum Gasteiger partial charge on any atom is -0.491 e. The molecule has 2 aromatic rings. The summed E-state index contributed by atoms with van der Waals surface area (Å²) in [4.78, 5) is 24.2. The van der Waals surface area contributed by atoms with Crippen molar-refractivity contribution in [3.05, 3.63) is 59.2 Å². The van der Waals surface area contributed by atoms with Crippen LogP contribution >= 0.6 is 0 Å². The molecule has 1 amide bonds. The molecule has 0 radical (unpaired) electrons. The minimum absolute atomic E-state index is 0.0222. The van der Waals surface area contributed by atoms with Crippen LogP contribution in [0.1, 0.15) is 110 Å². The van der Waals surface area contributed by atoms with Gasteiger partial charge in [-0.25, -0.2) is 4.79 Å². The number of carbonyl (C=O) groups excluding carboxylic acids is 1. The van der Waals surface area contributed by atoms with Crippen LogP contribution in [0, 0.1) is 6.92 Å². The van der Waals surface area contributed by atoms with E-state index in [-0.39, 0.29) is 11.1 Å². The topological polar surface area (TPSA) is 75.6 Å². The first-order valence-electron chi connectivity index (χ1n) is 12.9. The van der Waals surface area contributed by atoms with Gasteiger partial charge in [-0.15, -0.1) is 0 Å². The molecular formula is C29H41NO4. The average Bonchev–Trinajstić information content (AvgIpc) is 2.83. The summed E-state index contributed by atoms with van der Waals surface area (Å²) in [6.07, 6.45) is 15.5. The molecule has 2 rings (SSSR count). The van der Waals surface area contributed by atoms with E-state index >= 15 is 0 Å². The molecule has 0 bridgehead atoms. The smallest absolute Gasteiger partial charge is 0.336 e. The van der Waals surface area contributed by atoms with Gasteiger partial charge in [0.2, 0.25) is 0 Å². The maximum atomic E-state index is 12.7. The molecule has 0 aliphatic carbocycles. The average molecular weight is 468 g/mol. The molecule has 0 aliphatic rings. The largest absolute Gasteiger partial charge is 0.491 e. The lowest BCUT2D eigenvalue weighted by Crippen LogP contribution is -2.17. The highest BCUT2D eigenvalue weighted by molar-refractivity contribution is 6.11. The van der Waals surface area contributed by atoms with E-state index in [1.807, 2.05) is 19.1 Å². The van der Waals surface area contributed by atoms with Crippen molar-refractivity contribution in [3.63, 3.8) is 0 Å². The molecule has 34 heavy (non-hydrogen) atoms. The first-order chi connectivity index (χ1) is 16.5. The van der Waals surface area contributed by atoms with Gasteiger partial charge in [-0.05, 0) is 43.2 Å². The lowest BCUT2D eigenvalue weighted by molar-refractivity contribution is 0.0692. The van der Waals surface area contributed by atoms with E-state index in [2.05, 4.69) is 12.2 Å². The Balaban J connectivity index is 1.72. The first-order valence-corrected chi connectivity index (χ1v) is 12.9. The van der Waals surface area contributed by atoms with Gasteiger partial charge in [-0.2, -0.15) is 0 Å². The van der Waals surface area contributed by atoms with E-state index in [1.165, 1.54) is 76.3 Å². The molecule has 5 nitrogen and oxygen atoms in total. The Morgan fingerprint density at radius 3 is 1.94 bits per heavy atom. The van der Waals surface area contributed by atoms with Gasteiger partial charge >= 0.3 is 5.97 Å². The number of amides is 1. The number of anilines is 1. The number of rotatable bonds is 17. The van der Waals surface area contributed by atoms with Crippen molar-refractivity contribution in [2.45, 2.75) is 90.9 Å². The zero-order valence-electron chi connectivity index (χ0n) is 20.9. The molecule has 0 atom stereocenters. The van der Waals surface area contributed by atoms with Gasteiger partial charge in [0.15, 0.2) is 0 Å². The van der Waals surface area contributed by atoms with Crippen molar-refractivity contribution >= 4 is 17.6 Å². The van der Waals surface area contributed by atoms with Crippen LogP contribution in [-0.2, 0) is 0 Å². The monoisotopic (exact) mass is 467 g/mol. The quantitative estimate of drug-likeness (QED) is 0.231. The Labute approximate surface area is 204 Å². The van der Waals surface area contributed by atoms with Crippen molar-refractivity contribution in [1.82, 2.24) is 0 Å². The molecule has 5 heteroatoms. The molecule has 0 unspecified atom stereocenters. The highest BCUT2D eigenvalue weighted by Crippen LogP contribution is 2.27. The van der Waals surface area contributed by atoms with E-state index in [0.717, 1.165) is 18.4 Å². The van der Waals surface area contributed by atoms with Crippen LogP contribution in [0.25, 0.3) is 0 Å². The molecule has 0 heterocycles. The lowest BCUT2D eigenvalue weighted by Gasteiger charge is -2.14. The van der Waals surface area contributed by atoms with Crippen LogP contribution in [0.3, 0.4) is 0 Å². The zero-order chi connectivity index (χ0) is 24.6. The Morgan fingerprint density at radius 2 is 1.35 bits per heavy atom. The van der Waals surface area contributed by atoms with Gasteiger partial charge in [0, 0.05) is 0 Å². The van der Waals surface area contributed by atoms with E-state index in [1.54, 1.807) is 18.2 Å². The zero-order valence-corrected chi connectivity index (χ0v) is 20.9. The summed E-state index contributed by atoms with van der Waals surface area (Å²) in [5.74, 6) is -0.973. The molecule has 0 aromatic heterocycles. The third kappa shape index (κ3) is 9.98. The van der Waals surface area contributed by atoms with Crippen LogP contribution in [0.15, 0.2) is 42.5 Å². The van der Waals surface area contributed by atoms with Crippen LogP contribution in [-0.4, -0.2) is 23.6 Å². The second-order valence-electron chi connectivity index (χ2n) is 9.04. The summed E-state index contributed by atoms with van der Waals surface area (Å²) in [5, 5.41) is 12.2. The fourth-order valence-electron chi connectivity index (χ4n) is 4.03. The number of ether oxygens (including phenoxy) is 1. The van der Waals surface area contributed by atoms with Crippen LogP contribution in [0.4, 0.5) is 5.69 Å². The molecule has 186 valence electrons. The number of aromatic carboxylic acids is 1. The fraction of sp³-hybridized carbons (Fsp3) is 0.517. The molecule has 0 fully saturated rings. The number of unbranched alkanes of at least 4 members (excludes halogenated alkanes) is 11. The summed E-state index contributed by atoms with van der Waals surface area (Å²) in [5.41, 5.74) is 1.69. The predicted octanol–water partition coefficient (Wildman–Crippen LogP) is 8.03. The van der Waals surface area contributed by atoms with E-state index in [0.29, 0.717) is 18.0 Å². The van der Waals surface area contributed by atoms with Crippen molar-refractivity contribution in [2.24, 2.45) is 0 Å². The first kappa shape index (κ1) is 27.4. The molecule has 0 saturated heterocycles. The normalized spacial score (nSPS) is 10.8. The van der Waals surface area contributed by atoms with Gasteiger partial charge in [-0.1, -0.05) is 95.8 Å². The van der Waals surface area contributed by atoms with Crippen LogP contribution < -0.4 is 10.1 Å². The molecular weight excluding hydrogens is 426 g/mol. The Bertz CT molecular complexity index is 893. The second-order valence-corrected chi connectivity index (χ2v) is 9.04. The number of hydrogen-bond donors (Lipinski definition) is 2. The van der Waals surface area contributed by atoms with Gasteiger partial charge in [0.05, 0.1) is 23.4 Å². The van der Waals surface area contributed by atoms with Gasteiger partial charge in [-0.3, -0.25) is 4.79 Å². The van der Waals surface area contributed by atoms with Crippen molar-refractivity contribution in [1.29, 1.82) is 0 Å². The Morgan fingerprint density at radius 1 is 0.794 bits per heavy atom. The number of hydrogen-bond acceptors (Lipinski definition) is 3. The molecule has 0 saturated carbocycles. The van der Waals surface area contributed by atoms with Crippen molar-refractivity contribution in [3.8, 4) is 5.75 Å². The molecule has 2 aromatic carbocycles. The second kappa shape index (κ2) is 15.9. The van der Waals surface area contributed by atoms with Gasteiger partial charge in [0.1, 0.15) is 5.75 Å². The minimum atomic E-state index is -1.13. The Kier molecular flexibility index (Phi) is 12.8. The number of carboxylic acids is 1. The van der Waals surface area contributed by atoms with Crippen LogP contribution in [0.5, 0.6) is 5.75 Å². The predicted molar refractivity (Wildman–Crippen MR) is 139 cm³/mol. The molecule has 2 N–H and O–H groups in total. The summed E-state index contributed by atoms with van der Waals surface area (Å²) >= 11 is 0. The summed E-state index contributed by atoms with van der Waals surface area (Å²) in [6.45, 7) is 4.82. The lowest BCUT2D eigenvalue weighted by atomic mass is 10.1. The van der Waals surface area contributed by atoms with Gasteiger partial charge in [0.25, 0.3) is 5.91 Å². The number of nitrogens with one attached hydrogen (secondary N) is 1. The SMILES string of the molecule is CCCCCCCCCCCCCCOc1cc(C)ccc1NC(=O)c1ccccc1C(=O)O. The summed E-state index contributed by atoms with van der Waals surface area (Å²) in [7, 11) is 0. The van der Waals surface area contributed by atoms with E-state index < -0.39 is 11.9 Å². The van der Waals surface area contributed by atoms with E-state index in [9.17, 15) is 14.7 Å². The number of aryl methyl sites for hydroxylation is 1. The van der Waals surface area contributed by atoms with Crippen molar-refractivity contribution in [2.75, 3.05) is 11.9 Å². The number of carbonyl (C=O) groups is 2. The standard InChI is InChI=1S/C29H41NO4/c1-3-4-5-6-7-8-9-10-11-12-13-16-21-34-27-22-23(2)19-20-26(27)30-28(31)24-17-14-15-18-25(24)29(32)33/h14-15,17-20,22H,3-13,16,21H2,1-2H3,(H,30,31)(H,32,33). The molecule has 0 spiro atoms. The number of carboxylic acid groups (broad SMARTS) is 1. The van der Waals surface area contributed by atoms with Crippen molar-refractivity contribution < 1.29 is 19.4 Å². The fourth-order valence-corrected chi connectivity index (χ4v) is 4.03. The maximum absolute atomic E-state index is 12.7. The highest BCUT2D eigenvalue weighted by Gasteiger charge is 2.17. The third-order valence-corrected chi connectivity index (χ3v) is 6.04. The summed E-state index contributed by atoms with van der Waals surface area (Å²) < 4.78 is 5.99. The Hall–Kier alpha value is -2.82. The van der Waals surface area contributed by atoms with Gasteiger partial charge < -0.3 is 15.2 Å². The molecule has 0 aliphatic heterocycles. The summed E-state index contributed by atoms with van der Waals surface area (Å²) in [6, 6.07) is 11.8. The highest BCUT2D eigenvalue weighted by atomic mass is 16.5. The van der Waals surface area contributed by atoms with E-state index in [4.69, 9.17) is 4.74 Å². The van der Waals surface area contributed by atoms with Crippen LogP contribution in [0.2, 0.25) is 0 Å². The third-order valence-electron chi connectivity index (χ3n) is 6.04. The maximum Gasteiger partial charge on any atom is 0.336 e. The number of benzene rings is 2.